The first-order valence-electron chi connectivity index (χ1n) is 12.0. The molecule has 2 amide bonds. The molecule has 1 aliphatic heterocycles. The second kappa shape index (κ2) is 11.2. The summed E-state index contributed by atoms with van der Waals surface area (Å²) < 4.78 is 17.2. The number of nitrogens with zero attached hydrogens (tertiary/aromatic N) is 1. The minimum absolute atomic E-state index is 0.0611. The lowest BCUT2D eigenvalue weighted by molar-refractivity contribution is 0.0140. The molecule has 1 saturated heterocycles. The maximum Gasteiger partial charge on any atom is 0.412 e. The highest BCUT2D eigenvalue weighted by Crippen LogP contribution is 2.29. The Kier molecular flexibility index (Phi) is 9.18. The topological polar surface area (TPSA) is 77.1 Å². The maximum atomic E-state index is 12.8. The van der Waals surface area contributed by atoms with Crippen molar-refractivity contribution in [2.24, 2.45) is 5.92 Å². The maximum absolute atomic E-state index is 12.8. The lowest BCUT2D eigenvalue weighted by atomic mass is 9.97. The molecule has 1 aliphatic rings. The first-order valence-corrected chi connectivity index (χ1v) is 12.0. The van der Waals surface area contributed by atoms with Gasteiger partial charge in [-0.2, -0.15) is 0 Å². The molecule has 7 nitrogen and oxygen atoms in total. The predicted molar refractivity (Wildman–Crippen MR) is 130 cm³/mol. The van der Waals surface area contributed by atoms with Crippen LogP contribution in [-0.2, 0) is 20.8 Å². The normalized spacial score (nSPS) is 19.8. The minimum Gasteiger partial charge on any atom is -0.444 e. The summed E-state index contributed by atoms with van der Waals surface area (Å²) in [4.78, 5) is 26.7. The van der Waals surface area contributed by atoms with Gasteiger partial charge in [0.15, 0.2) is 0 Å². The van der Waals surface area contributed by atoms with Gasteiger partial charge in [-0.25, -0.2) is 9.59 Å². The molecule has 1 heterocycles. The number of rotatable bonds is 7. The monoisotopic (exact) mass is 462 g/mol. The zero-order valence-corrected chi connectivity index (χ0v) is 21.6. The Hall–Kier alpha value is -2.28. The Morgan fingerprint density at radius 3 is 2.39 bits per heavy atom. The average molecular weight is 463 g/mol. The fraction of sp³-hybridized carbons (Fsp3) is 0.692. The van der Waals surface area contributed by atoms with Crippen molar-refractivity contribution in [2.75, 3.05) is 11.9 Å². The summed E-state index contributed by atoms with van der Waals surface area (Å²) in [6.07, 6.45) is 1.98. The van der Waals surface area contributed by atoms with Crippen LogP contribution in [0.4, 0.5) is 15.3 Å². The van der Waals surface area contributed by atoms with E-state index < -0.39 is 17.3 Å². The molecule has 3 atom stereocenters. The molecule has 0 saturated carbocycles. The van der Waals surface area contributed by atoms with Gasteiger partial charge in [-0.1, -0.05) is 32.4 Å². The summed E-state index contributed by atoms with van der Waals surface area (Å²) in [6, 6.07) is 7.63. The van der Waals surface area contributed by atoms with E-state index in [1.165, 1.54) is 0 Å². The molecule has 0 spiro atoms. The Morgan fingerprint density at radius 2 is 1.79 bits per heavy atom. The van der Waals surface area contributed by atoms with Crippen molar-refractivity contribution in [1.29, 1.82) is 0 Å². The Labute approximate surface area is 199 Å². The van der Waals surface area contributed by atoms with E-state index >= 15 is 0 Å². The molecule has 7 heteroatoms. The third-order valence-corrected chi connectivity index (χ3v) is 5.43. The third kappa shape index (κ3) is 9.62. The molecule has 1 fully saturated rings. The van der Waals surface area contributed by atoms with E-state index in [9.17, 15) is 9.59 Å². The van der Waals surface area contributed by atoms with Crippen molar-refractivity contribution < 1.29 is 23.8 Å². The molecular weight excluding hydrogens is 420 g/mol. The Balaban J connectivity index is 1.98. The molecule has 3 unspecified atom stereocenters. The zero-order chi connectivity index (χ0) is 24.8. The van der Waals surface area contributed by atoms with E-state index in [1.54, 1.807) is 0 Å². The Morgan fingerprint density at radius 1 is 1.12 bits per heavy atom. The number of ether oxygens (including phenoxy) is 3. The lowest BCUT2D eigenvalue weighted by Gasteiger charge is -2.29. The number of benzene rings is 1. The van der Waals surface area contributed by atoms with Crippen LogP contribution in [0.2, 0.25) is 0 Å². The molecule has 0 radical (unpaired) electrons. The zero-order valence-electron chi connectivity index (χ0n) is 21.6. The third-order valence-electron chi connectivity index (χ3n) is 5.43. The van der Waals surface area contributed by atoms with Crippen LogP contribution in [-0.4, -0.2) is 47.0 Å². The van der Waals surface area contributed by atoms with Crippen LogP contribution in [0, 0.1) is 5.92 Å². The molecule has 1 N–H and O–H groups in total. The first-order chi connectivity index (χ1) is 15.3. The van der Waals surface area contributed by atoms with Crippen LogP contribution < -0.4 is 5.32 Å². The summed E-state index contributed by atoms with van der Waals surface area (Å²) >= 11 is 0. The molecule has 1 aromatic carbocycles. The van der Waals surface area contributed by atoms with E-state index in [0.29, 0.717) is 24.8 Å². The van der Waals surface area contributed by atoms with E-state index in [4.69, 9.17) is 14.2 Å². The average Bonchev–Trinajstić information content (AvgIpc) is 3.06. The minimum atomic E-state index is -0.556. The van der Waals surface area contributed by atoms with Crippen LogP contribution in [0.25, 0.3) is 0 Å². The van der Waals surface area contributed by atoms with E-state index in [2.05, 4.69) is 19.2 Å². The van der Waals surface area contributed by atoms with Crippen LogP contribution in [0.15, 0.2) is 24.3 Å². The molecule has 1 aromatic rings. The predicted octanol–water partition coefficient (Wildman–Crippen LogP) is 6.36. The number of nitrogens with one attached hydrogen (secondary N) is 1. The fourth-order valence-electron chi connectivity index (χ4n) is 3.77. The van der Waals surface area contributed by atoms with Crippen LogP contribution >= 0.6 is 0 Å². The van der Waals surface area contributed by atoms with Gasteiger partial charge in [0.2, 0.25) is 0 Å². The number of anilines is 1. The summed E-state index contributed by atoms with van der Waals surface area (Å²) in [5.74, 6) is 0.522. The Bertz CT molecular complexity index is 797. The van der Waals surface area contributed by atoms with Gasteiger partial charge >= 0.3 is 12.2 Å². The van der Waals surface area contributed by atoms with Crippen LogP contribution in [0.5, 0.6) is 0 Å². The van der Waals surface area contributed by atoms with Crippen LogP contribution in [0.1, 0.15) is 80.2 Å². The molecule has 0 aliphatic carbocycles. The number of carbonyl (C=O) groups is 2. The summed E-state index contributed by atoms with van der Waals surface area (Å²) in [7, 11) is 0. The molecule has 2 rings (SSSR count). The summed E-state index contributed by atoms with van der Waals surface area (Å²) in [5.41, 5.74) is 0.511. The van der Waals surface area contributed by atoms with Gasteiger partial charge in [-0.3, -0.25) is 5.32 Å². The standard InChI is InChI=1S/C26H42N2O5/c1-9-18(2)13-21-15-22(16-28(21)24(30)33-26(6,7)8)31-17-19-11-10-12-20(14-19)27-23(29)32-25(3,4)5/h10-12,14,18,21-22H,9,13,15-17H2,1-8H3,(H,27,29). The number of hydrogen-bond donors (Lipinski definition) is 1. The van der Waals surface area contributed by atoms with Crippen molar-refractivity contribution in [1.82, 2.24) is 4.90 Å². The van der Waals surface area contributed by atoms with E-state index in [1.807, 2.05) is 70.7 Å². The van der Waals surface area contributed by atoms with Crippen molar-refractivity contribution >= 4 is 17.9 Å². The van der Waals surface area contributed by atoms with Crippen molar-refractivity contribution in [3.05, 3.63) is 29.8 Å². The van der Waals surface area contributed by atoms with Gasteiger partial charge in [-0.05, 0) is 78.0 Å². The van der Waals surface area contributed by atoms with Crippen molar-refractivity contribution in [3.63, 3.8) is 0 Å². The number of amides is 2. The molecule has 33 heavy (non-hydrogen) atoms. The highest BCUT2D eigenvalue weighted by atomic mass is 16.6. The van der Waals surface area contributed by atoms with Gasteiger partial charge < -0.3 is 19.1 Å². The van der Waals surface area contributed by atoms with Crippen molar-refractivity contribution in [2.45, 2.75) is 105 Å². The second-order valence-corrected chi connectivity index (χ2v) is 11.0. The molecule has 0 aromatic heterocycles. The summed E-state index contributed by atoms with van der Waals surface area (Å²) in [5, 5.41) is 2.76. The lowest BCUT2D eigenvalue weighted by Crippen LogP contribution is -2.40. The van der Waals surface area contributed by atoms with Gasteiger partial charge in [0, 0.05) is 11.7 Å². The number of hydrogen-bond acceptors (Lipinski definition) is 5. The molecule has 0 bridgehead atoms. The number of carbonyl (C=O) groups excluding carboxylic acids is 2. The quantitative estimate of drug-likeness (QED) is 0.510. The van der Waals surface area contributed by atoms with Crippen LogP contribution in [0.3, 0.4) is 0 Å². The SMILES string of the molecule is CCC(C)CC1CC(OCc2cccc(NC(=O)OC(C)(C)C)c2)CN1C(=O)OC(C)(C)C. The van der Waals surface area contributed by atoms with Crippen molar-refractivity contribution in [3.8, 4) is 0 Å². The van der Waals surface area contributed by atoms with E-state index in [-0.39, 0.29) is 18.2 Å². The molecular formula is C26H42N2O5. The first kappa shape index (κ1) is 27.0. The van der Waals surface area contributed by atoms with Gasteiger partial charge in [0.1, 0.15) is 11.2 Å². The number of likely N-dealkylation sites (tertiary alicyclic amines) is 1. The summed E-state index contributed by atoms with van der Waals surface area (Å²) in [6.45, 7) is 16.4. The molecule has 186 valence electrons. The fourth-order valence-corrected chi connectivity index (χ4v) is 3.77. The van der Waals surface area contributed by atoms with Gasteiger partial charge in [0.25, 0.3) is 0 Å². The second-order valence-electron chi connectivity index (χ2n) is 11.0. The smallest absolute Gasteiger partial charge is 0.412 e. The largest absolute Gasteiger partial charge is 0.444 e. The van der Waals surface area contributed by atoms with Gasteiger partial charge in [0.05, 0.1) is 19.3 Å². The van der Waals surface area contributed by atoms with E-state index in [0.717, 1.165) is 24.8 Å². The highest BCUT2D eigenvalue weighted by molar-refractivity contribution is 5.84. The van der Waals surface area contributed by atoms with Gasteiger partial charge in [-0.15, -0.1) is 0 Å². The highest BCUT2D eigenvalue weighted by Gasteiger charge is 2.38.